The number of rotatable bonds is 7. The molecule has 0 saturated heterocycles. The lowest BCUT2D eigenvalue weighted by Gasteiger charge is -2.23. The second-order valence-electron chi connectivity index (χ2n) is 5.00. The van der Waals surface area contributed by atoms with Crippen LogP contribution in [-0.4, -0.2) is 30.5 Å². The van der Waals surface area contributed by atoms with Gasteiger partial charge in [0.1, 0.15) is 5.75 Å². The monoisotopic (exact) mass is 275 g/mol. The van der Waals surface area contributed by atoms with Crippen molar-refractivity contribution in [3.8, 4) is 11.8 Å². The van der Waals surface area contributed by atoms with Crippen LogP contribution in [0, 0.1) is 17.2 Å². The number of hydrogen-bond acceptors (Lipinski definition) is 4. The molecule has 0 heterocycles. The summed E-state index contributed by atoms with van der Waals surface area (Å²) in [6.45, 7) is 5.09. The molecule has 0 unspecified atom stereocenters. The Kier molecular flexibility index (Phi) is 6.38. The summed E-state index contributed by atoms with van der Waals surface area (Å²) in [6.07, 6.45) is 0.330. The molecule has 2 N–H and O–H groups in total. The van der Waals surface area contributed by atoms with Gasteiger partial charge in [0.25, 0.3) is 5.91 Å². The van der Waals surface area contributed by atoms with Gasteiger partial charge in [0.05, 0.1) is 12.5 Å². The number of nitrogens with zero attached hydrogens (tertiary/aromatic N) is 2. The van der Waals surface area contributed by atoms with Crippen LogP contribution in [0.5, 0.6) is 5.75 Å². The van der Waals surface area contributed by atoms with Crippen LogP contribution in [0.2, 0.25) is 0 Å². The Bertz CT molecular complexity index is 480. The average Bonchev–Trinajstić information content (AvgIpc) is 2.40. The van der Waals surface area contributed by atoms with Crippen molar-refractivity contribution < 1.29 is 9.53 Å². The van der Waals surface area contributed by atoms with Gasteiger partial charge in [0.2, 0.25) is 0 Å². The first-order valence-corrected chi connectivity index (χ1v) is 6.66. The zero-order valence-electron chi connectivity index (χ0n) is 12.0. The SMILES string of the molecule is CC(C)CN(CCC#N)C(=O)COc1cccc(N)c1. The van der Waals surface area contributed by atoms with Crippen LogP contribution in [-0.2, 0) is 4.79 Å². The largest absolute Gasteiger partial charge is 0.484 e. The van der Waals surface area contributed by atoms with Gasteiger partial charge in [0.15, 0.2) is 6.61 Å². The van der Waals surface area contributed by atoms with Crippen LogP contribution < -0.4 is 10.5 Å². The fourth-order valence-electron chi connectivity index (χ4n) is 1.78. The summed E-state index contributed by atoms with van der Waals surface area (Å²) < 4.78 is 5.44. The van der Waals surface area contributed by atoms with E-state index in [1.54, 1.807) is 29.2 Å². The van der Waals surface area contributed by atoms with E-state index in [2.05, 4.69) is 6.07 Å². The fourth-order valence-corrected chi connectivity index (χ4v) is 1.78. The second-order valence-corrected chi connectivity index (χ2v) is 5.00. The quantitative estimate of drug-likeness (QED) is 0.772. The van der Waals surface area contributed by atoms with Gasteiger partial charge in [-0.05, 0) is 18.1 Å². The maximum absolute atomic E-state index is 12.1. The number of amides is 1. The van der Waals surface area contributed by atoms with Crippen molar-refractivity contribution in [1.29, 1.82) is 5.26 Å². The van der Waals surface area contributed by atoms with Crippen molar-refractivity contribution in [2.24, 2.45) is 5.92 Å². The fraction of sp³-hybridized carbons (Fsp3) is 0.467. The minimum atomic E-state index is -0.114. The molecule has 5 heteroatoms. The standard InChI is InChI=1S/C15H21N3O2/c1-12(2)10-18(8-4-7-16)15(19)11-20-14-6-3-5-13(17)9-14/h3,5-6,9,12H,4,8,10-11,17H2,1-2H3. The highest BCUT2D eigenvalue weighted by Crippen LogP contribution is 2.14. The Labute approximate surface area is 119 Å². The van der Waals surface area contributed by atoms with Gasteiger partial charge < -0.3 is 15.4 Å². The Morgan fingerprint density at radius 3 is 2.85 bits per heavy atom. The van der Waals surface area contributed by atoms with Crippen molar-refractivity contribution in [3.05, 3.63) is 24.3 Å². The minimum Gasteiger partial charge on any atom is -0.484 e. The molecule has 20 heavy (non-hydrogen) atoms. The molecule has 1 aromatic rings. The van der Waals surface area contributed by atoms with Crippen LogP contribution >= 0.6 is 0 Å². The summed E-state index contributed by atoms with van der Waals surface area (Å²) in [5.74, 6) is 0.810. The third kappa shape index (κ3) is 5.61. The van der Waals surface area contributed by atoms with E-state index >= 15 is 0 Å². The smallest absolute Gasteiger partial charge is 0.260 e. The first-order valence-electron chi connectivity index (χ1n) is 6.66. The Hall–Kier alpha value is -2.22. The maximum Gasteiger partial charge on any atom is 0.260 e. The molecule has 0 aliphatic rings. The Morgan fingerprint density at radius 2 is 2.25 bits per heavy atom. The molecule has 1 aromatic carbocycles. The lowest BCUT2D eigenvalue weighted by molar-refractivity contribution is -0.133. The molecule has 0 fully saturated rings. The van der Waals surface area contributed by atoms with Crippen molar-refractivity contribution in [3.63, 3.8) is 0 Å². The molecule has 0 aliphatic carbocycles. The number of carbonyl (C=O) groups excluding carboxylic acids is 1. The molecule has 5 nitrogen and oxygen atoms in total. The lowest BCUT2D eigenvalue weighted by Crippen LogP contribution is -2.38. The van der Waals surface area contributed by atoms with E-state index in [-0.39, 0.29) is 12.5 Å². The molecule has 0 atom stereocenters. The molecule has 0 saturated carbocycles. The van der Waals surface area contributed by atoms with Crippen LogP contribution in [0.3, 0.4) is 0 Å². The van der Waals surface area contributed by atoms with Gasteiger partial charge in [0, 0.05) is 24.8 Å². The zero-order valence-corrected chi connectivity index (χ0v) is 12.0. The summed E-state index contributed by atoms with van der Waals surface area (Å²) in [7, 11) is 0. The second kappa shape index (κ2) is 8.05. The number of nitriles is 1. The normalized spacial score (nSPS) is 10.1. The first kappa shape index (κ1) is 15.8. The highest BCUT2D eigenvalue weighted by molar-refractivity contribution is 5.77. The van der Waals surface area contributed by atoms with E-state index in [0.717, 1.165) is 0 Å². The van der Waals surface area contributed by atoms with E-state index in [9.17, 15) is 4.79 Å². The molecule has 0 bridgehead atoms. The lowest BCUT2D eigenvalue weighted by atomic mass is 10.2. The molecule has 0 radical (unpaired) electrons. The van der Waals surface area contributed by atoms with Crippen LogP contribution in [0.25, 0.3) is 0 Å². The maximum atomic E-state index is 12.1. The van der Waals surface area contributed by atoms with Gasteiger partial charge in [-0.2, -0.15) is 5.26 Å². The van der Waals surface area contributed by atoms with E-state index in [1.165, 1.54) is 0 Å². The topological polar surface area (TPSA) is 79.3 Å². The van der Waals surface area contributed by atoms with Crippen molar-refractivity contribution in [2.75, 3.05) is 25.4 Å². The summed E-state index contributed by atoms with van der Waals surface area (Å²) >= 11 is 0. The summed E-state index contributed by atoms with van der Waals surface area (Å²) in [4.78, 5) is 13.8. The highest BCUT2D eigenvalue weighted by Gasteiger charge is 2.15. The number of anilines is 1. The number of nitrogen functional groups attached to an aromatic ring is 1. The molecule has 108 valence electrons. The van der Waals surface area contributed by atoms with Crippen molar-refractivity contribution >= 4 is 11.6 Å². The van der Waals surface area contributed by atoms with E-state index in [1.807, 2.05) is 13.8 Å². The van der Waals surface area contributed by atoms with Gasteiger partial charge in [-0.1, -0.05) is 19.9 Å². The predicted molar refractivity (Wildman–Crippen MR) is 78.0 cm³/mol. The third-order valence-electron chi connectivity index (χ3n) is 2.65. The Morgan fingerprint density at radius 1 is 1.50 bits per heavy atom. The molecule has 0 aliphatic heterocycles. The first-order chi connectivity index (χ1) is 9.52. The molecular weight excluding hydrogens is 254 g/mol. The highest BCUT2D eigenvalue weighted by atomic mass is 16.5. The summed E-state index contributed by atoms with van der Waals surface area (Å²) in [6, 6.07) is 9.02. The van der Waals surface area contributed by atoms with Crippen LogP contribution in [0.15, 0.2) is 24.3 Å². The van der Waals surface area contributed by atoms with Crippen LogP contribution in [0.4, 0.5) is 5.69 Å². The minimum absolute atomic E-state index is 0.0401. The van der Waals surface area contributed by atoms with E-state index < -0.39 is 0 Å². The summed E-state index contributed by atoms with van der Waals surface area (Å²) in [5.41, 5.74) is 6.24. The predicted octanol–water partition coefficient (Wildman–Crippen LogP) is 2.05. The molecule has 0 aromatic heterocycles. The number of ether oxygens (including phenoxy) is 1. The number of benzene rings is 1. The van der Waals surface area contributed by atoms with Crippen molar-refractivity contribution in [2.45, 2.75) is 20.3 Å². The molecule has 0 spiro atoms. The van der Waals surface area contributed by atoms with E-state index in [0.29, 0.717) is 36.9 Å². The zero-order chi connectivity index (χ0) is 15.0. The number of nitrogens with two attached hydrogens (primary N) is 1. The average molecular weight is 275 g/mol. The number of carbonyl (C=O) groups is 1. The van der Waals surface area contributed by atoms with E-state index in [4.69, 9.17) is 15.7 Å². The Balaban J connectivity index is 2.55. The van der Waals surface area contributed by atoms with Gasteiger partial charge >= 0.3 is 0 Å². The molecule has 1 rings (SSSR count). The third-order valence-corrected chi connectivity index (χ3v) is 2.65. The molecular formula is C15H21N3O2. The van der Waals surface area contributed by atoms with Crippen molar-refractivity contribution in [1.82, 2.24) is 4.90 Å². The van der Waals surface area contributed by atoms with Gasteiger partial charge in [-0.15, -0.1) is 0 Å². The number of hydrogen-bond donors (Lipinski definition) is 1. The molecule has 1 amide bonds. The van der Waals surface area contributed by atoms with Gasteiger partial charge in [-0.25, -0.2) is 0 Å². The van der Waals surface area contributed by atoms with Gasteiger partial charge in [-0.3, -0.25) is 4.79 Å². The summed E-state index contributed by atoms with van der Waals surface area (Å²) in [5, 5.41) is 8.64. The van der Waals surface area contributed by atoms with Crippen LogP contribution in [0.1, 0.15) is 20.3 Å².